The average molecular weight is 283 g/mol. The second kappa shape index (κ2) is 6.11. The summed E-state index contributed by atoms with van der Waals surface area (Å²) in [5, 5.41) is 11.7. The lowest BCUT2D eigenvalue weighted by molar-refractivity contribution is -0.138. The van der Waals surface area contributed by atoms with Crippen molar-refractivity contribution in [2.75, 3.05) is 26.2 Å². The number of amides is 3. The zero-order chi connectivity index (χ0) is 14.7. The maximum absolute atomic E-state index is 12.5. The van der Waals surface area contributed by atoms with Gasteiger partial charge in [-0.1, -0.05) is 6.92 Å². The van der Waals surface area contributed by atoms with E-state index in [9.17, 15) is 14.4 Å². The predicted molar refractivity (Wildman–Crippen MR) is 71.1 cm³/mol. The van der Waals surface area contributed by atoms with Crippen molar-refractivity contribution in [3.8, 4) is 0 Å². The quantitative estimate of drug-likeness (QED) is 0.766. The molecule has 2 saturated heterocycles. The monoisotopic (exact) mass is 283 g/mol. The summed E-state index contributed by atoms with van der Waals surface area (Å²) in [5.41, 5.74) is 0. The summed E-state index contributed by atoms with van der Waals surface area (Å²) >= 11 is 0. The third-order valence-corrected chi connectivity index (χ3v) is 3.94. The summed E-state index contributed by atoms with van der Waals surface area (Å²) in [6.07, 6.45) is 2.29. The molecule has 2 rings (SSSR count). The van der Waals surface area contributed by atoms with Crippen molar-refractivity contribution in [3.05, 3.63) is 0 Å². The van der Waals surface area contributed by atoms with Crippen molar-refractivity contribution in [3.63, 3.8) is 0 Å². The van der Waals surface area contributed by atoms with Crippen molar-refractivity contribution >= 4 is 17.9 Å². The first kappa shape index (κ1) is 14.6. The fourth-order valence-electron chi connectivity index (χ4n) is 3.05. The molecule has 0 spiro atoms. The van der Waals surface area contributed by atoms with Crippen LogP contribution in [0.1, 0.15) is 26.2 Å². The zero-order valence-corrected chi connectivity index (χ0v) is 11.7. The minimum Gasteiger partial charge on any atom is -0.480 e. The molecular formula is C13H21N3O4. The molecule has 20 heavy (non-hydrogen) atoms. The highest BCUT2D eigenvalue weighted by molar-refractivity contribution is 5.85. The summed E-state index contributed by atoms with van der Waals surface area (Å²) < 4.78 is 0. The van der Waals surface area contributed by atoms with Crippen LogP contribution in [-0.4, -0.2) is 65.0 Å². The zero-order valence-electron chi connectivity index (χ0n) is 11.7. The van der Waals surface area contributed by atoms with Crippen molar-refractivity contribution in [1.29, 1.82) is 0 Å². The molecule has 0 radical (unpaired) electrons. The number of nitrogens with one attached hydrogen (secondary N) is 1. The van der Waals surface area contributed by atoms with Gasteiger partial charge in [0.05, 0.1) is 12.0 Å². The molecule has 0 saturated carbocycles. The largest absolute Gasteiger partial charge is 0.480 e. The van der Waals surface area contributed by atoms with Crippen LogP contribution in [0.3, 0.4) is 0 Å². The first-order chi connectivity index (χ1) is 9.54. The van der Waals surface area contributed by atoms with Crippen LogP contribution >= 0.6 is 0 Å². The number of hydrogen-bond acceptors (Lipinski definition) is 3. The van der Waals surface area contributed by atoms with Crippen LogP contribution in [0.15, 0.2) is 0 Å². The molecule has 0 aromatic carbocycles. The third kappa shape index (κ3) is 2.86. The molecule has 2 atom stereocenters. The number of carbonyl (C=O) groups is 3. The second-order valence-electron chi connectivity index (χ2n) is 5.35. The number of nitrogens with zero attached hydrogens (tertiary/aromatic N) is 2. The Kier molecular flexibility index (Phi) is 4.46. The standard InChI is InChI=1S/C13H21N3O4/c1-2-5-15(8-11(17)18)13(20)16-6-3-4-9-10(16)7-14-12(9)19/h9-10H,2-8H2,1H3,(H,14,19)(H,17,18). The van der Waals surface area contributed by atoms with Crippen LogP contribution in [-0.2, 0) is 9.59 Å². The van der Waals surface area contributed by atoms with Gasteiger partial charge in [0.1, 0.15) is 6.54 Å². The Hall–Kier alpha value is -1.79. The molecule has 0 aromatic rings. The van der Waals surface area contributed by atoms with Gasteiger partial charge in [0.25, 0.3) is 0 Å². The van der Waals surface area contributed by atoms with Crippen LogP contribution in [0.5, 0.6) is 0 Å². The van der Waals surface area contributed by atoms with Crippen molar-refractivity contribution in [2.45, 2.75) is 32.2 Å². The number of hydrogen-bond donors (Lipinski definition) is 2. The Balaban J connectivity index is 2.09. The van der Waals surface area contributed by atoms with Crippen molar-refractivity contribution in [2.24, 2.45) is 5.92 Å². The molecule has 7 nitrogen and oxygen atoms in total. The van der Waals surface area contributed by atoms with Gasteiger partial charge >= 0.3 is 12.0 Å². The van der Waals surface area contributed by atoms with Crippen molar-refractivity contribution in [1.82, 2.24) is 15.1 Å². The lowest BCUT2D eigenvalue weighted by Crippen LogP contribution is -2.54. The Labute approximate surface area is 117 Å². The lowest BCUT2D eigenvalue weighted by atomic mass is 9.92. The summed E-state index contributed by atoms with van der Waals surface area (Å²) in [6, 6.07) is -0.391. The molecule has 3 amide bonds. The van der Waals surface area contributed by atoms with Gasteiger partial charge in [0.2, 0.25) is 5.91 Å². The minimum atomic E-state index is -1.01. The minimum absolute atomic E-state index is 0.00720. The van der Waals surface area contributed by atoms with Gasteiger partial charge < -0.3 is 20.2 Å². The van der Waals surface area contributed by atoms with E-state index in [0.717, 1.165) is 12.8 Å². The molecule has 7 heteroatoms. The number of fused-ring (bicyclic) bond motifs is 1. The highest BCUT2D eigenvalue weighted by Gasteiger charge is 2.43. The summed E-state index contributed by atoms with van der Waals surface area (Å²) in [7, 11) is 0. The molecule has 2 N–H and O–H groups in total. The second-order valence-corrected chi connectivity index (χ2v) is 5.35. The number of carboxylic acid groups (broad SMARTS) is 1. The SMILES string of the molecule is CCCN(CC(=O)O)C(=O)N1CCCC2C(=O)NCC21. The van der Waals surface area contributed by atoms with E-state index in [1.165, 1.54) is 4.90 Å². The summed E-state index contributed by atoms with van der Waals surface area (Å²) in [6.45, 7) is 3.10. The first-order valence-electron chi connectivity index (χ1n) is 7.09. The van der Waals surface area contributed by atoms with E-state index in [4.69, 9.17) is 5.11 Å². The van der Waals surface area contributed by atoms with E-state index in [1.807, 2.05) is 6.92 Å². The molecule has 0 aromatic heterocycles. The third-order valence-electron chi connectivity index (χ3n) is 3.94. The Bertz CT molecular complexity index is 412. The number of urea groups is 1. The Morgan fingerprint density at radius 3 is 2.90 bits per heavy atom. The number of rotatable bonds is 4. The predicted octanol–water partition coefficient (Wildman–Crippen LogP) is 0.113. The highest BCUT2D eigenvalue weighted by Crippen LogP contribution is 2.28. The Morgan fingerprint density at radius 1 is 1.50 bits per heavy atom. The first-order valence-corrected chi connectivity index (χ1v) is 7.09. The van der Waals surface area contributed by atoms with Gasteiger partial charge in [0.15, 0.2) is 0 Å². The van der Waals surface area contributed by atoms with Gasteiger partial charge in [-0.15, -0.1) is 0 Å². The van der Waals surface area contributed by atoms with Gasteiger partial charge in [-0.3, -0.25) is 9.59 Å². The van der Waals surface area contributed by atoms with Crippen LogP contribution in [0.2, 0.25) is 0 Å². The fourth-order valence-corrected chi connectivity index (χ4v) is 3.05. The van der Waals surface area contributed by atoms with E-state index in [0.29, 0.717) is 26.1 Å². The highest BCUT2D eigenvalue weighted by atomic mass is 16.4. The normalized spacial score (nSPS) is 25.1. The van der Waals surface area contributed by atoms with Gasteiger partial charge in [-0.2, -0.15) is 0 Å². The molecule has 0 aliphatic carbocycles. The lowest BCUT2D eigenvalue weighted by Gasteiger charge is -2.38. The maximum Gasteiger partial charge on any atom is 0.323 e. The average Bonchev–Trinajstić information content (AvgIpc) is 2.79. The summed E-state index contributed by atoms with van der Waals surface area (Å²) in [4.78, 5) is 38.1. The number of piperidine rings is 1. The maximum atomic E-state index is 12.5. The van der Waals surface area contributed by atoms with E-state index in [2.05, 4.69) is 5.32 Å². The fraction of sp³-hybridized carbons (Fsp3) is 0.769. The smallest absolute Gasteiger partial charge is 0.323 e. The van der Waals surface area contributed by atoms with Crippen LogP contribution in [0.25, 0.3) is 0 Å². The van der Waals surface area contributed by atoms with Gasteiger partial charge in [-0.25, -0.2) is 4.79 Å². The molecule has 0 bridgehead atoms. The van der Waals surface area contributed by atoms with Crippen LogP contribution in [0, 0.1) is 5.92 Å². The topological polar surface area (TPSA) is 90.0 Å². The van der Waals surface area contributed by atoms with Crippen LogP contribution in [0.4, 0.5) is 4.79 Å². The number of likely N-dealkylation sites (tertiary alicyclic amines) is 1. The van der Waals surface area contributed by atoms with E-state index < -0.39 is 5.97 Å². The van der Waals surface area contributed by atoms with Crippen LogP contribution < -0.4 is 5.32 Å². The van der Waals surface area contributed by atoms with E-state index >= 15 is 0 Å². The number of aliphatic carboxylic acids is 1. The molecule has 2 heterocycles. The van der Waals surface area contributed by atoms with Gasteiger partial charge in [0, 0.05) is 19.6 Å². The molecule has 2 aliphatic rings. The molecule has 2 fully saturated rings. The van der Waals surface area contributed by atoms with Gasteiger partial charge in [-0.05, 0) is 19.3 Å². The van der Waals surface area contributed by atoms with E-state index in [-0.39, 0.29) is 30.4 Å². The number of carbonyl (C=O) groups excluding carboxylic acids is 2. The number of carboxylic acids is 1. The molecule has 2 unspecified atom stereocenters. The Morgan fingerprint density at radius 2 is 2.25 bits per heavy atom. The van der Waals surface area contributed by atoms with Crippen molar-refractivity contribution < 1.29 is 19.5 Å². The molecule has 2 aliphatic heterocycles. The molecular weight excluding hydrogens is 262 g/mol. The van der Waals surface area contributed by atoms with E-state index in [1.54, 1.807) is 4.90 Å². The summed E-state index contributed by atoms with van der Waals surface area (Å²) in [5.74, 6) is -1.14. The molecule has 112 valence electrons.